The van der Waals surface area contributed by atoms with Gasteiger partial charge in [-0.25, -0.2) is 4.98 Å². The van der Waals surface area contributed by atoms with E-state index in [1.165, 1.54) is 12.1 Å². The second-order valence-electron chi connectivity index (χ2n) is 2.62. The predicted octanol–water partition coefficient (Wildman–Crippen LogP) is 2.53. The molecule has 0 unspecified atom stereocenters. The van der Waals surface area contributed by atoms with E-state index in [2.05, 4.69) is 20.9 Å². The Labute approximate surface area is 86.9 Å². The lowest BCUT2D eigenvalue weighted by Gasteiger charge is -2.10. The van der Waals surface area contributed by atoms with Crippen LogP contribution in [0.25, 0.3) is 0 Å². The summed E-state index contributed by atoms with van der Waals surface area (Å²) in [6.07, 6.45) is -5.49. The molecule has 0 radical (unpaired) electrons. The van der Waals surface area contributed by atoms with Crippen molar-refractivity contribution in [2.75, 3.05) is 5.33 Å². The standard InChI is InChI=1S/C8H7BrF3NO/c9-4-6(14)5-2-1-3-7(13-5)8(10,11)12/h1-3,6,14H,4H2/t6-/m0/s1. The van der Waals surface area contributed by atoms with E-state index in [-0.39, 0.29) is 11.0 Å². The minimum Gasteiger partial charge on any atom is -0.386 e. The fraction of sp³-hybridized carbons (Fsp3) is 0.375. The molecule has 1 aromatic heterocycles. The van der Waals surface area contributed by atoms with Gasteiger partial charge in [0.2, 0.25) is 0 Å². The quantitative estimate of drug-likeness (QED) is 0.838. The van der Waals surface area contributed by atoms with Crippen LogP contribution in [0.1, 0.15) is 17.5 Å². The molecule has 0 amide bonds. The number of halogens is 4. The topological polar surface area (TPSA) is 33.1 Å². The highest BCUT2D eigenvalue weighted by atomic mass is 79.9. The summed E-state index contributed by atoms with van der Waals surface area (Å²) in [4.78, 5) is 3.31. The first-order valence-corrected chi connectivity index (χ1v) is 4.85. The van der Waals surface area contributed by atoms with Crippen molar-refractivity contribution < 1.29 is 18.3 Å². The molecule has 0 saturated heterocycles. The van der Waals surface area contributed by atoms with Crippen molar-refractivity contribution in [2.45, 2.75) is 12.3 Å². The van der Waals surface area contributed by atoms with Crippen molar-refractivity contribution in [3.8, 4) is 0 Å². The van der Waals surface area contributed by atoms with Gasteiger partial charge in [-0.3, -0.25) is 0 Å². The molecule has 1 heterocycles. The summed E-state index contributed by atoms with van der Waals surface area (Å²) in [5, 5.41) is 9.40. The molecule has 0 saturated carbocycles. The van der Waals surface area contributed by atoms with E-state index in [0.717, 1.165) is 6.07 Å². The lowest BCUT2D eigenvalue weighted by atomic mass is 10.2. The minimum absolute atomic E-state index is 0.0108. The van der Waals surface area contributed by atoms with Gasteiger partial charge in [-0.05, 0) is 12.1 Å². The van der Waals surface area contributed by atoms with Gasteiger partial charge in [0, 0.05) is 5.33 Å². The molecule has 0 aromatic carbocycles. The van der Waals surface area contributed by atoms with E-state index < -0.39 is 18.0 Å². The normalized spacial score (nSPS) is 14.1. The zero-order chi connectivity index (χ0) is 10.8. The second-order valence-corrected chi connectivity index (χ2v) is 3.26. The molecule has 0 aliphatic rings. The number of hydrogen-bond acceptors (Lipinski definition) is 2. The Morgan fingerprint density at radius 3 is 2.57 bits per heavy atom. The summed E-state index contributed by atoms with van der Waals surface area (Å²) in [7, 11) is 0. The Hall–Kier alpha value is -0.620. The molecule has 0 bridgehead atoms. The summed E-state index contributed by atoms with van der Waals surface area (Å²) in [6, 6.07) is 3.43. The SMILES string of the molecule is O[C@@H](CBr)c1cccc(C(F)(F)F)n1. The third-order valence-electron chi connectivity index (χ3n) is 1.55. The second kappa shape index (κ2) is 4.27. The Kier molecular flexibility index (Phi) is 3.49. The molecule has 0 spiro atoms. The Morgan fingerprint density at radius 1 is 1.43 bits per heavy atom. The molecule has 1 aromatic rings. The van der Waals surface area contributed by atoms with E-state index in [0.29, 0.717) is 0 Å². The fourth-order valence-corrected chi connectivity index (χ4v) is 1.21. The van der Waals surface area contributed by atoms with Crippen LogP contribution in [0.2, 0.25) is 0 Å². The average Bonchev–Trinajstić information content (AvgIpc) is 2.15. The Balaban J connectivity index is 3.01. The zero-order valence-electron chi connectivity index (χ0n) is 6.92. The molecule has 1 atom stereocenters. The van der Waals surface area contributed by atoms with Crippen LogP contribution < -0.4 is 0 Å². The molecule has 2 nitrogen and oxygen atoms in total. The van der Waals surface area contributed by atoms with Crippen molar-refractivity contribution >= 4 is 15.9 Å². The third-order valence-corrected chi connectivity index (χ3v) is 2.16. The van der Waals surface area contributed by atoms with Crippen LogP contribution in [0.15, 0.2) is 18.2 Å². The summed E-state index contributed by atoms with van der Waals surface area (Å²) in [5.41, 5.74) is -0.980. The van der Waals surface area contributed by atoms with Crippen LogP contribution in [0.5, 0.6) is 0 Å². The molecule has 6 heteroatoms. The first-order chi connectivity index (χ1) is 6.45. The van der Waals surface area contributed by atoms with Crippen molar-refractivity contribution in [1.29, 1.82) is 0 Å². The molecular formula is C8H7BrF3NO. The number of alkyl halides is 4. The molecule has 1 rings (SSSR count). The highest BCUT2D eigenvalue weighted by Gasteiger charge is 2.32. The van der Waals surface area contributed by atoms with Gasteiger partial charge in [-0.1, -0.05) is 22.0 Å². The van der Waals surface area contributed by atoms with Crippen LogP contribution in [0.4, 0.5) is 13.2 Å². The van der Waals surface area contributed by atoms with Gasteiger partial charge >= 0.3 is 6.18 Å². The number of aromatic nitrogens is 1. The molecule has 0 aliphatic heterocycles. The Morgan fingerprint density at radius 2 is 2.07 bits per heavy atom. The zero-order valence-corrected chi connectivity index (χ0v) is 8.51. The van der Waals surface area contributed by atoms with Gasteiger partial charge in [-0.2, -0.15) is 13.2 Å². The highest BCUT2D eigenvalue weighted by molar-refractivity contribution is 9.09. The van der Waals surface area contributed by atoms with Crippen LogP contribution in [0.3, 0.4) is 0 Å². The lowest BCUT2D eigenvalue weighted by molar-refractivity contribution is -0.141. The van der Waals surface area contributed by atoms with Crippen molar-refractivity contribution in [1.82, 2.24) is 4.98 Å². The number of pyridine rings is 1. The third kappa shape index (κ3) is 2.68. The summed E-state index contributed by atoms with van der Waals surface area (Å²) in [5.74, 6) is 0. The molecule has 0 fully saturated rings. The van der Waals surface area contributed by atoms with Gasteiger partial charge in [0.25, 0.3) is 0 Å². The van der Waals surface area contributed by atoms with Crippen LogP contribution in [-0.4, -0.2) is 15.4 Å². The molecule has 14 heavy (non-hydrogen) atoms. The maximum atomic E-state index is 12.2. The van der Waals surface area contributed by atoms with Gasteiger partial charge < -0.3 is 5.11 Å². The van der Waals surface area contributed by atoms with Gasteiger partial charge in [0.15, 0.2) is 0 Å². The van der Waals surface area contributed by atoms with Crippen molar-refractivity contribution in [3.05, 3.63) is 29.6 Å². The van der Waals surface area contributed by atoms with Gasteiger partial charge in [0.1, 0.15) is 11.8 Å². The summed E-state index contributed by atoms with van der Waals surface area (Å²) >= 11 is 2.96. The summed E-state index contributed by atoms with van der Waals surface area (Å²) < 4.78 is 36.5. The minimum atomic E-state index is -4.47. The number of aliphatic hydroxyl groups is 1. The van der Waals surface area contributed by atoms with Gasteiger partial charge in [0.05, 0.1) is 5.69 Å². The molecule has 1 N–H and O–H groups in total. The lowest BCUT2D eigenvalue weighted by Crippen LogP contribution is -2.11. The van der Waals surface area contributed by atoms with E-state index in [1.807, 2.05) is 0 Å². The molecular weight excluding hydrogens is 263 g/mol. The average molecular weight is 270 g/mol. The summed E-state index contributed by atoms with van der Waals surface area (Å²) in [6.45, 7) is 0. The molecule has 78 valence electrons. The monoisotopic (exact) mass is 269 g/mol. The van der Waals surface area contributed by atoms with Crippen LogP contribution >= 0.6 is 15.9 Å². The predicted molar refractivity (Wildman–Crippen MR) is 48.0 cm³/mol. The number of aliphatic hydroxyl groups excluding tert-OH is 1. The van der Waals surface area contributed by atoms with Crippen LogP contribution in [-0.2, 0) is 6.18 Å². The first kappa shape index (κ1) is 11.5. The van der Waals surface area contributed by atoms with E-state index in [9.17, 15) is 18.3 Å². The molecule has 0 aliphatic carbocycles. The van der Waals surface area contributed by atoms with Crippen LogP contribution in [0, 0.1) is 0 Å². The smallest absolute Gasteiger partial charge is 0.386 e. The number of nitrogens with zero attached hydrogens (tertiary/aromatic N) is 1. The van der Waals surface area contributed by atoms with E-state index in [1.54, 1.807) is 0 Å². The fourth-order valence-electron chi connectivity index (χ4n) is 0.874. The maximum Gasteiger partial charge on any atom is 0.433 e. The highest BCUT2D eigenvalue weighted by Crippen LogP contribution is 2.28. The Bertz CT molecular complexity index is 316. The number of rotatable bonds is 2. The van der Waals surface area contributed by atoms with Gasteiger partial charge in [-0.15, -0.1) is 0 Å². The number of hydrogen-bond donors (Lipinski definition) is 1. The van der Waals surface area contributed by atoms with E-state index >= 15 is 0 Å². The maximum absolute atomic E-state index is 12.2. The first-order valence-electron chi connectivity index (χ1n) is 3.73. The van der Waals surface area contributed by atoms with Crippen molar-refractivity contribution in [3.63, 3.8) is 0 Å². The largest absolute Gasteiger partial charge is 0.433 e. The van der Waals surface area contributed by atoms with Crippen molar-refractivity contribution in [2.24, 2.45) is 0 Å². The van der Waals surface area contributed by atoms with E-state index in [4.69, 9.17) is 0 Å².